The number of carbonyl (C=O) groups excluding carboxylic acids is 1. The summed E-state index contributed by atoms with van der Waals surface area (Å²) in [6, 6.07) is 7.41. The van der Waals surface area contributed by atoms with E-state index in [1.165, 1.54) is 0 Å². The zero-order valence-electron chi connectivity index (χ0n) is 10.5. The van der Waals surface area contributed by atoms with Crippen LogP contribution in [0.5, 0.6) is 0 Å². The number of hydrogen-bond donors (Lipinski definition) is 1. The summed E-state index contributed by atoms with van der Waals surface area (Å²) >= 11 is 9.09. The third-order valence-corrected chi connectivity index (χ3v) is 3.17. The number of halogens is 2. The van der Waals surface area contributed by atoms with Crippen molar-refractivity contribution in [3.63, 3.8) is 0 Å². The second-order valence-electron chi connectivity index (χ2n) is 4.51. The van der Waals surface area contributed by atoms with Crippen LogP contribution < -0.4 is 5.32 Å². The van der Waals surface area contributed by atoms with Crippen molar-refractivity contribution in [1.82, 2.24) is 5.32 Å². The molecule has 0 aliphatic carbocycles. The van der Waals surface area contributed by atoms with E-state index >= 15 is 0 Å². The second kappa shape index (κ2) is 6.95. The van der Waals surface area contributed by atoms with Gasteiger partial charge >= 0.3 is 0 Å². The van der Waals surface area contributed by atoms with Gasteiger partial charge in [0.2, 0.25) is 5.91 Å². The molecule has 1 amide bonds. The van der Waals surface area contributed by atoms with Gasteiger partial charge in [-0.1, -0.05) is 60.1 Å². The van der Waals surface area contributed by atoms with Gasteiger partial charge in [-0.25, -0.2) is 0 Å². The van der Waals surface area contributed by atoms with Gasteiger partial charge in [0.05, 0.1) is 5.92 Å². The molecule has 0 saturated heterocycles. The quantitative estimate of drug-likeness (QED) is 0.865. The van der Waals surface area contributed by atoms with Crippen molar-refractivity contribution in [3.8, 4) is 0 Å². The fourth-order valence-electron chi connectivity index (χ4n) is 1.80. The number of hydrogen-bond acceptors (Lipinski definition) is 1. The highest BCUT2D eigenvalue weighted by Gasteiger charge is 2.23. The summed E-state index contributed by atoms with van der Waals surface area (Å²) in [7, 11) is 0. The SMILES string of the molecule is C=C(Br)CNC(=O)C(c1ccc(Cl)cc1)C(C)C. The second-order valence-corrected chi connectivity index (χ2v) is 6.07. The molecule has 0 heterocycles. The highest BCUT2D eigenvalue weighted by molar-refractivity contribution is 9.11. The Labute approximate surface area is 122 Å². The monoisotopic (exact) mass is 329 g/mol. The Hall–Kier alpha value is -0.800. The zero-order chi connectivity index (χ0) is 13.7. The normalized spacial score (nSPS) is 12.3. The summed E-state index contributed by atoms with van der Waals surface area (Å²) in [6.45, 7) is 8.20. The van der Waals surface area contributed by atoms with Gasteiger partial charge in [0, 0.05) is 16.0 Å². The number of carbonyl (C=O) groups is 1. The molecule has 0 aromatic heterocycles. The molecule has 0 fully saturated rings. The van der Waals surface area contributed by atoms with Crippen LogP contribution in [0.2, 0.25) is 5.02 Å². The fraction of sp³-hybridized carbons (Fsp3) is 0.357. The van der Waals surface area contributed by atoms with Crippen LogP contribution in [-0.4, -0.2) is 12.5 Å². The molecular weight excluding hydrogens is 314 g/mol. The molecule has 2 nitrogen and oxygen atoms in total. The number of amides is 1. The van der Waals surface area contributed by atoms with E-state index in [-0.39, 0.29) is 17.7 Å². The number of rotatable bonds is 5. The van der Waals surface area contributed by atoms with Gasteiger partial charge in [0.15, 0.2) is 0 Å². The standard InChI is InChI=1S/C14H17BrClNO/c1-9(2)13(14(18)17-8-10(3)15)11-4-6-12(16)7-5-11/h4-7,9,13H,3,8H2,1-2H3,(H,17,18). The van der Waals surface area contributed by atoms with Crippen LogP contribution in [0.1, 0.15) is 25.3 Å². The largest absolute Gasteiger partial charge is 0.351 e. The third kappa shape index (κ3) is 4.46. The zero-order valence-corrected chi connectivity index (χ0v) is 12.9. The van der Waals surface area contributed by atoms with Crippen LogP contribution in [0.15, 0.2) is 35.3 Å². The van der Waals surface area contributed by atoms with E-state index in [4.69, 9.17) is 11.6 Å². The highest BCUT2D eigenvalue weighted by Crippen LogP contribution is 2.26. The third-order valence-electron chi connectivity index (χ3n) is 2.63. The Morgan fingerprint density at radius 3 is 2.39 bits per heavy atom. The molecule has 0 saturated carbocycles. The molecule has 1 unspecified atom stereocenters. The molecule has 1 atom stereocenters. The van der Waals surface area contributed by atoms with Gasteiger partial charge in [-0.05, 0) is 23.6 Å². The Morgan fingerprint density at radius 2 is 1.94 bits per heavy atom. The van der Waals surface area contributed by atoms with E-state index in [1.54, 1.807) is 0 Å². The molecule has 0 aliphatic rings. The van der Waals surface area contributed by atoms with Crippen molar-refractivity contribution < 1.29 is 4.79 Å². The van der Waals surface area contributed by atoms with E-state index in [1.807, 2.05) is 38.1 Å². The van der Waals surface area contributed by atoms with Crippen LogP contribution in [0.4, 0.5) is 0 Å². The number of nitrogens with one attached hydrogen (secondary N) is 1. The molecule has 0 radical (unpaired) electrons. The Bertz CT molecular complexity index is 428. The summed E-state index contributed by atoms with van der Waals surface area (Å²) < 4.78 is 0.759. The van der Waals surface area contributed by atoms with Crippen LogP contribution in [0.25, 0.3) is 0 Å². The molecule has 1 aromatic carbocycles. The number of benzene rings is 1. The first-order valence-electron chi connectivity index (χ1n) is 5.78. The van der Waals surface area contributed by atoms with Crippen molar-refractivity contribution in [2.45, 2.75) is 19.8 Å². The van der Waals surface area contributed by atoms with Crippen LogP contribution in [-0.2, 0) is 4.79 Å². The van der Waals surface area contributed by atoms with E-state index in [0.717, 1.165) is 10.0 Å². The van der Waals surface area contributed by atoms with Gasteiger partial charge in [-0.15, -0.1) is 0 Å². The molecule has 1 aromatic rings. The van der Waals surface area contributed by atoms with E-state index < -0.39 is 0 Å². The lowest BCUT2D eigenvalue weighted by Crippen LogP contribution is -2.32. The maximum absolute atomic E-state index is 12.2. The van der Waals surface area contributed by atoms with Crippen LogP contribution in [0, 0.1) is 5.92 Å². The summed E-state index contributed by atoms with van der Waals surface area (Å²) in [5.41, 5.74) is 0.979. The topological polar surface area (TPSA) is 29.1 Å². The molecule has 1 rings (SSSR count). The molecule has 0 bridgehead atoms. The lowest BCUT2D eigenvalue weighted by Gasteiger charge is -2.20. The maximum Gasteiger partial charge on any atom is 0.228 e. The van der Waals surface area contributed by atoms with E-state index in [2.05, 4.69) is 27.8 Å². The Balaban J connectivity index is 2.85. The molecule has 1 N–H and O–H groups in total. The van der Waals surface area contributed by atoms with Crippen LogP contribution in [0.3, 0.4) is 0 Å². The molecule has 0 aliphatic heterocycles. The van der Waals surface area contributed by atoms with Gasteiger partial charge in [-0.3, -0.25) is 4.79 Å². The minimum absolute atomic E-state index is 0.00734. The van der Waals surface area contributed by atoms with Crippen molar-refractivity contribution in [1.29, 1.82) is 0 Å². The lowest BCUT2D eigenvalue weighted by atomic mass is 9.87. The first-order valence-corrected chi connectivity index (χ1v) is 6.95. The van der Waals surface area contributed by atoms with Gasteiger partial charge in [0.1, 0.15) is 0 Å². The molecule has 98 valence electrons. The van der Waals surface area contributed by atoms with Crippen molar-refractivity contribution in [2.24, 2.45) is 5.92 Å². The first-order chi connectivity index (χ1) is 8.41. The summed E-state index contributed by atoms with van der Waals surface area (Å²) in [4.78, 5) is 12.2. The average Bonchev–Trinajstić information content (AvgIpc) is 2.29. The van der Waals surface area contributed by atoms with E-state index in [9.17, 15) is 4.79 Å². The average molecular weight is 331 g/mol. The first kappa shape index (κ1) is 15.3. The molecular formula is C14H17BrClNO. The predicted molar refractivity (Wildman–Crippen MR) is 80.1 cm³/mol. The van der Waals surface area contributed by atoms with Crippen molar-refractivity contribution in [2.75, 3.05) is 6.54 Å². The Morgan fingerprint density at radius 1 is 1.39 bits per heavy atom. The fourth-order valence-corrected chi connectivity index (χ4v) is 2.07. The summed E-state index contributed by atoms with van der Waals surface area (Å²) in [5.74, 6) is 0.0526. The van der Waals surface area contributed by atoms with E-state index in [0.29, 0.717) is 11.6 Å². The Kier molecular flexibility index (Phi) is 5.89. The molecule has 4 heteroatoms. The minimum Gasteiger partial charge on any atom is -0.351 e. The van der Waals surface area contributed by atoms with Crippen molar-refractivity contribution in [3.05, 3.63) is 45.9 Å². The smallest absolute Gasteiger partial charge is 0.228 e. The minimum atomic E-state index is -0.172. The molecule has 18 heavy (non-hydrogen) atoms. The summed E-state index contributed by atoms with van der Waals surface area (Å²) in [5, 5.41) is 3.53. The maximum atomic E-state index is 12.2. The summed E-state index contributed by atoms with van der Waals surface area (Å²) in [6.07, 6.45) is 0. The van der Waals surface area contributed by atoms with Crippen molar-refractivity contribution >= 4 is 33.4 Å². The van der Waals surface area contributed by atoms with Crippen LogP contribution >= 0.6 is 27.5 Å². The van der Waals surface area contributed by atoms with Gasteiger partial charge < -0.3 is 5.32 Å². The van der Waals surface area contributed by atoms with Gasteiger partial charge in [0.25, 0.3) is 0 Å². The molecule has 0 spiro atoms. The predicted octanol–water partition coefficient (Wildman–Crippen LogP) is 4.10. The lowest BCUT2D eigenvalue weighted by molar-refractivity contribution is -0.123. The highest BCUT2D eigenvalue weighted by atomic mass is 79.9. The van der Waals surface area contributed by atoms with Gasteiger partial charge in [-0.2, -0.15) is 0 Å².